The molecule has 1 aromatic heterocycles. The van der Waals surface area contributed by atoms with Crippen LogP contribution in [0.3, 0.4) is 0 Å². The van der Waals surface area contributed by atoms with Gasteiger partial charge in [-0.25, -0.2) is 4.79 Å². The van der Waals surface area contributed by atoms with E-state index in [-0.39, 0.29) is 18.6 Å². The van der Waals surface area contributed by atoms with Crippen molar-refractivity contribution in [1.82, 2.24) is 10.6 Å². The molecule has 0 radical (unpaired) electrons. The minimum atomic E-state index is -0.900. The number of rotatable bonds is 5. The number of hydrogen-bond donors (Lipinski definition) is 3. The van der Waals surface area contributed by atoms with Crippen molar-refractivity contribution in [2.75, 3.05) is 19.8 Å². The molecule has 0 aliphatic carbocycles. The highest BCUT2D eigenvalue weighted by Gasteiger charge is 2.30. The third kappa shape index (κ3) is 4.15. The highest BCUT2D eigenvalue weighted by Crippen LogP contribution is 2.22. The molecule has 2 amide bonds. The average molecular weight is 330 g/mol. The summed E-state index contributed by atoms with van der Waals surface area (Å²) >= 11 is 0. The van der Waals surface area contributed by atoms with E-state index >= 15 is 0 Å². The average Bonchev–Trinajstić information content (AvgIpc) is 3.14. The van der Waals surface area contributed by atoms with Crippen LogP contribution in [0, 0.1) is 0 Å². The van der Waals surface area contributed by atoms with Gasteiger partial charge < -0.3 is 24.9 Å². The molecule has 1 aromatic carbocycles. The fourth-order valence-corrected chi connectivity index (χ4v) is 2.77. The largest absolute Gasteiger partial charge is 0.467 e. The molecule has 6 nitrogen and oxygen atoms in total. The van der Waals surface area contributed by atoms with Gasteiger partial charge in [0.25, 0.3) is 0 Å². The summed E-state index contributed by atoms with van der Waals surface area (Å²) < 4.78 is 10.7. The van der Waals surface area contributed by atoms with Gasteiger partial charge in [-0.05, 0) is 17.7 Å². The van der Waals surface area contributed by atoms with E-state index in [1.165, 1.54) is 0 Å². The number of nitrogens with one attached hydrogen (secondary N) is 2. The quantitative estimate of drug-likeness (QED) is 0.785. The molecule has 0 bridgehead atoms. The van der Waals surface area contributed by atoms with Gasteiger partial charge in [-0.2, -0.15) is 0 Å². The van der Waals surface area contributed by atoms with Gasteiger partial charge in [-0.15, -0.1) is 0 Å². The zero-order valence-electron chi connectivity index (χ0n) is 13.4. The van der Waals surface area contributed by atoms with Crippen molar-refractivity contribution < 1.29 is 19.1 Å². The number of hydrogen-bond acceptors (Lipinski definition) is 4. The van der Waals surface area contributed by atoms with Crippen LogP contribution < -0.4 is 10.6 Å². The number of ether oxygens (including phenoxy) is 1. The summed E-state index contributed by atoms with van der Waals surface area (Å²) in [5.41, 5.74) is 0.0232. The molecular weight excluding hydrogens is 308 g/mol. The highest BCUT2D eigenvalue weighted by atomic mass is 16.5. The number of carbonyl (C=O) groups is 1. The minimum Gasteiger partial charge on any atom is -0.467 e. The Hall–Kier alpha value is -2.31. The monoisotopic (exact) mass is 330 g/mol. The first-order valence-electron chi connectivity index (χ1n) is 8.09. The van der Waals surface area contributed by atoms with Crippen molar-refractivity contribution in [2.24, 2.45) is 0 Å². The summed E-state index contributed by atoms with van der Waals surface area (Å²) in [6.45, 7) is 1.22. The van der Waals surface area contributed by atoms with E-state index in [9.17, 15) is 9.90 Å². The van der Waals surface area contributed by atoms with E-state index in [2.05, 4.69) is 10.6 Å². The number of furan rings is 1. The Labute approximate surface area is 140 Å². The smallest absolute Gasteiger partial charge is 0.315 e. The zero-order chi connectivity index (χ0) is 16.8. The number of amides is 2. The molecule has 0 saturated carbocycles. The molecule has 6 heteroatoms. The van der Waals surface area contributed by atoms with E-state index < -0.39 is 5.60 Å². The topological polar surface area (TPSA) is 83.7 Å². The maximum atomic E-state index is 12.3. The molecular formula is C18H22N2O4. The maximum Gasteiger partial charge on any atom is 0.315 e. The number of urea groups is 1. The normalized spacial score (nSPS) is 17.9. The molecule has 1 fully saturated rings. The Morgan fingerprint density at radius 2 is 1.92 bits per heavy atom. The minimum absolute atomic E-state index is 0.196. The summed E-state index contributed by atoms with van der Waals surface area (Å²) in [5, 5.41) is 16.1. The van der Waals surface area contributed by atoms with Crippen LogP contribution in [-0.2, 0) is 4.74 Å². The lowest BCUT2D eigenvalue weighted by molar-refractivity contribution is -0.0600. The standard InChI is InChI=1S/C18H22N2O4/c21-17(19-13-18(22)8-11-23-12-9-18)20-16(15-7-4-10-24-15)14-5-2-1-3-6-14/h1-7,10,16,22H,8-9,11-13H2,(H2,19,20,21). The molecule has 128 valence electrons. The second kappa shape index (κ2) is 7.51. The molecule has 1 atom stereocenters. The van der Waals surface area contributed by atoms with Crippen LogP contribution in [-0.4, -0.2) is 36.5 Å². The van der Waals surface area contributed by atoms with Crippen molar-refractivity contribution in [1.29, 1.82) is 0 Å². The zero-order valence-corrected chi connectivity index (χ0v) is 13.4. The van der Waals surface area contributed by atoms with Gasteiger partial charge in [-0.3, -0.25) is 0 Å². The van der Waals surface area contributed by atoms with Crippen LogP contribution in [0.1, 0.15) is 30.2 Å². The van der Waals surface area contributed by atoms with Crippen LogP contribution in [0.25, 0.3) is 0 Å². The van der Waals surface area contributed by atoms with Crippen LogP contribution in [0.5, 0.6) is 0 Å². The first kappa shape index (κ1) is 16.5. The summed E-state index contributed by atoms with van der Waals surface area (Å²) in [6.07, 6.45) is 2.62. The van der Waals surface area contributed by atoms with E-state index in [4.69, 9.17) is 9.15 Å². The first-order chi connectivity index (χ1) is 11.7. The third-order valence-electron chi connectivity index (χ3n) is 4.24. The molecule has 1 aliphatic rings. The molecule has 2 heterocycles. The summed E-state index contributed by atoms with van der Waals surface area (Å²) in [4.78, 5) is 12.3. The predicted molar refractivity (Wildman–Crippen MR) is 88.5 cm³/mol. The molecule has 3 rings (SSSR count). The van der Waals surface area contributed by atoms with Crippen LogP contribution in [0.4, 0.5) is 4.79 Å². The van der Waals surface area contributed by atoms with Crippen molar-refractivity contribution in [2.45, 2.75) is 24.5 Å². The Bertz CT molecular complexity index is 636. The lowest BCUT2D eigenvalue weighted by Gasteiger charge is -2.32. The van der Waals surface area contributed by atoms with Gasteiger partial charge in [0.05, 0.1) is 11.9 Å². The molecule has 1 aliphatic heterocycles. The molecule has 3 N–H and O–H groups in total. The van der Waals surface area contributed by atoms with E-state index in [1.807, 2.05) is 36.4 Å². The fraction of sp³-hybridized carbons (Fsp3) is 0.389. The Balaban J connectivity index is 1.63. The van der Waals surface area contributed by atoms with Gasteiger partial charge in [0, 0.05) is 32.6 Å². The van der Waals surface area contributed by atoms with Crippen molar-refractivity contribution >= 4 is 6.03 Å². The SMILES string of the molecule is O=C(NCC1(O)CCOCC1)NC(c1ccccc1)c1ccco1. The van der Waals surface area contributed by atoms with E-state index in [0.717, 1.165) is 5.56 Å². The molecule has 1 unspecified atom stereocenters. The number of benzene rings is 1. The highest BCUT2D eigenvalue weighted by molar-refractivity contribution is 5.75. The first-order valence-corrected chi connectivity index (χ1v) is 8.09. The second-order valence-electron chi connectivity index (χ2n) is 6.02. The predicted octanol–water partition coefficient (Wildman–Crippen LogP) is 2.21. The van der Waals surface area contributed by atoms with Gasteiger partial charge in [0.15, 0.2) is 0 Å². The lowest BCUT2D eigenvalue weighted by Crippen LogP contribution is -2.49. The van der Waals surface area contributed by atoms with E-state index in [1.54, 1.807) is 12.3 Å². The maximum absolute atomic E-state index is 12.3. The van der Waals surface area contributed by atoms with Crippen molar-refractivity contribution in [3.63, 3.8) is 0 Å². The van der Waals surface area contributed by atoms with Gasteiger partial charge in [0.1, 0.15) is 11.8 Å². The molecule has 0 spiro atoms. The Morgan fingerprint density at radius 1 is 1.17 bits per heavy atom. The third-order valence-corrected chi connectivity index (χ3v) is 4.24. The van der Waals surface area contributed by atoms with Crippen molar-refractivity contribution in [3.8, 4) is 0 Å². The molecule has 24 heavy (non-hydrogen) atoms. The molecule has 1 saturated heterocycles. The van der Waals surface area contributed by atoms with Crippen molar-refractivity contribution in [3.05, 3.63) is 60.1 Å². The lowest BCUT2D eigenvalue weighted by atomic mass is 9.94. The summed E-state index contributed by atoms with van der Waals surface area (Å²) in [7, 11) is 0. The number of carbonyl (C=O) groups excluding carboxylic acids is 1. The Morgan fingerprint density at radius 3 is 2.58 bits per heavy atom. The Kier molecular flexibility index (Phi) is 5.17. The summed E-state index contributed by atoms with van der Waals surface area (Å²) in [6, 6.07) is 12.5. The van der Waals surface area contributed by atoms with Crippen LogP contribution in [0.15, 0.2) is 53.1 Å². The fourth-order valence-electron chi connectivity index (χ4n) is 2.77. The number of aliphatic hydroxyl groups is 1. The van der Waals surface area contributed by atoms with Crippen LogP contribution in [0.2, 0.25) is 0 Å². The second-order valence-corrected chi connectivity index (χ2v) is 6.02. The van der Waals surface area contributed by atoms with E-state index in [0.29, 0.717) is 31.8 Å². The van der Waals surface area contributed by atoms with Gasteiger partial charge in [0.2, 0.25) is 0 Å². The van der Waals surface area contributed by atoms with Crippen LogP contribution >= 0.6 is 0 Å². The molecule has 2 aromatic rings. The summed E-state index contributed by atoms with van der Waals surface area (Å²) in [5.74, 6) is 0.654. The van der Waals surface area contributed by atoms with Gasteiger partial charge in [-0.1, -0.05) is 30.3 Å². The van der Waals surface area contributed by atoms with Gasteiger partial charge >= 0.3 is 6.03 Å².